The molecule has 1 aromatic carbocycles. The number of halogens is 5. The van der Waals surface area contributed by atoms with Crippen molar-refractivity contribution in [1.29, 1.82) is 0 Å². The van der Waals surface area contributed by atoms with Crippen LogP contribution in [0, 0.1) is 18.6 Å². The van der Waals surface area contributed by atoms with E-state index in [0.29, 0.717) is 56.1 Å². The quantitative estimate of drug-likeness (QED) is 0.338. The van der Waals surface area contributed by atoms with E-state index in [1.54, 1.807) is 11.8 Å². The number of benzene rings is 1. The molecule has 16 heteroatoms. The van der Waals surface area contributed by atoms with Crippen molar-refractivity contribution in [1.82, 2.24) is 29.7 Å². The monoisotopic (exact) mass is 677 g/mol. The van der Waals surface area contributed by atoms with Gasteiger partial charge in [0.25, 0.3) is 0 Å². The first-order chi connectivity index (χ1) is 22.7. The average molecular weight is 678 g/mol. The Labute approximate surface area is 273 Å². The van der Waals surface area contributed by atoms with E-state index in [-0.39, 0.29) is 37.3 Å². The van der Waals surface area contributed by atoms with Gasteiger partial charge in [-0.15, -0.1) is 0 Å². The number of aryl methyl sites for hydroxylation is 1. The number of para-hydroxylation sites is 1. The average Bonchev–Trinajstić information content (AvgIpc) is 3.05. The molecule has 2 aromatic heterocycles. The number of piperidine rings is 1. The van der Waals surface area contributed by atoms with Gasteiger partial charge < -0.3 is 25.0 Å². The number of carbonyl (C=O) groups excluding carboxylic acids is 2. The van der Waals surface area contributed by atoms with Crippen LogP contribution in [0.15, 0.2) is 42.6 Å². The van der Waals surface area contributed by atoms with Crippen molar-refractivity contribution in [3.63, 3.8) is 0 Å². The standard InChI is InChI=1S/C32H36F5N7O4/c1-20-38-17-23(28(39-20)22-9-11-44(12-10-22)30(46)41-29-24(33)5-3-6-25(29)34)31(47,18-42-13-15-43(16-14-42)21(2)45)19-48-27-8-4-7-26(40-27)32(35,36)37/h3-8,17,22,47H,9-16,18-19H2,1-2H3,(H,41,46). The van der Waals surface area contributed by atoms with Gasteiger partial charge >= 0.3 is 12.2 Å². The van der Waals surface area contributed by atoms with E-state index in [4.69, 9.17) is 4.74 Å². The highest BCUT2D eigenvalue weighted by atomic mass is 19.4. The summed E-state index contributed by atoms with van der Waals surface area (Å²) in [6.07, 6.45) is -2.44. The number of nitrogens with zero attached hydrogens (tertiary/aromatic N) is 6. The molecule has 3 amide bonds. The largest absolute Gasteiger partial charge is 0.474 e. The molecule has 3 aromatic rings. The second-order valence-corrected chi connectivity index (χ2v) is 12.0. The first-order valence-electron chi connectivity index (χ1n) is 15.4. The van der Waals surface area contributed by atoms with E-state index >= 15 is 0 Å². The number of hydrogen-bond acceptors (Lipinski definition) is 8. The van der Waals surface area contributed by atoms with Crippen molar-refractivity contribution in [3.05, 3.63) is 77.0 Å². The lowest BCUT2D eigenvalue weighted by molar-refractivity contribution is -0.141. The summed E-state index contributed by atoms with van der Waals surface area (Å²) >= 11 is 0. The van der Waals surface area contributed by atoms with Gasteiger partial charge in [-0.1, -0.05) is 12.1 Å². The Balaban J connectivity index is 1.38. The van der Waals surface area contributed by atoms with Crippen molar-refractivity contribution >= 4 is 17.6 Å². The highest BCUT2D eigenvalue weighted by Crippen LogP contribution is 2.36. The summed E-state index contributed by atoms with van der Waals surface area (Å²) in [7, 11) is 0. The molecule has 0 radical (unpaired) electrons. The molecule has 48 heavy (non-hydrogen) atoms. The molecule has 5 rings (SSSR count). The fraction of sp³-hybridized carbons (Fsp3) is 0.469. The molecule has 4 heterocycles. The van der Waals surface area contributed by atoms with Crippen LogP contribution in [0.2, 0.25) is 0 Å². The minimum absolute atomic E-state index is 0.00736. The van der Waals surface area contributed by atoms with Gasteiger partial charge in [-0.2, -0.15) is 13.2 Å². The number of aliphatic hydroxyl groups is 1. The Morgan fingerprint density at radius 2 is 1.60 bits per heavy atom. The number of amides is 3. The third kappa shape index (κ3) is 8.16. The van der Waals surface area contributed by atoms with E-state index in [2.05, 4.69) is 20.3 Å². The minimum Gasteiger partial charge on any atom is -0.474 e. The Morgan fingerprint density at radius 3 is 2.23 bits per heavy atom. The number of alkyl halides is 3. The molecule has 2 fully saturated rings. The lowest BCUT2D eigenvalue weighted by Crippen LogP contribution is -2.53. The second-order valence-electron chi connectivity index (χ2n) is 12.0. The van der Waals surface area contributed by atoms with Gasteiger partial charge in [-0.3, -0.25) is 9.69 Å². The van der Waals surface area contributed by atoms with Crippen LogP contribution in [0.5, 0.6) is 5.88 Å². The Bertz CT molecular complexity index is 1610. The van der Waals surface area contributed by atoms with E-state index in [1.165, 1.54) is 30.2 Å². The van der Waals surface area contributed by atoms with Crippen molar-refractivity contribution in [2.24, 2.45) is 0 Å². The normalized spacial score (nSPS) is 17.6. The SMILES string of the molecule is CC(=O)N1CCN(CC(O)(COc2cccc(C(F)(F)F)n2)c2cnc(C)nc2C2CCN(C(=O)Nc3c(F)cccc3F)CC2)CC1. The molecule has 258 valence electrons. The van der Waals surface area contributed by atoms with Crippen LogP contribution in [0.25, 0.3) is 0 Å². The molecule has 0 aliphatic carbocycles. The van der Waals surface area contributed by atoms with Crippen LogP contribution >= 0.6 is 0 Å². The molecule has 2 aliphatic heterocycles. The number of hydrogen-bond donors (Lipinski definition) is 2. The smallest absolute Gasteiger partial charge is 0.433 e. The fourth-order valence-electron chi connectivity index (χ4n) is 5.96. The van der Waals surface area contributed by atoms with E-state index in [9.17, 15) is 36.6 Å². The summed E-state index contributed by atoms with van der Waals surface area (Å²) in [6, 6.07) is 5.86. The van der Waals surface area contributed by atoms with Gasteiger partial charge in [0.15, 0.2) is 0 Å². The minimum atomic E-state index is -4.70. The summed E-state index contributed by atoms with van der Waals surface area (Å²) in [4.78, 5) is 42.4. The van der Waals surface area contributed by atoms with Crippen LogP contribution < -0.4 is 10.1 Å². The number of carbonyl (C=O) groups is 2. The predicted octanol–water partition coefficient (Wildman–Crippen LogP) is 4.32. The maximum Gasteiger partial charge on any atom is 0.433 e. The Kier molecular flexibility index (Phi) is 10.4. The third-order valence-corrected chi connectivity index (χ3v) is 8.58. The van der Waals surface area contributed by atoms with Crippen molar-refractivity contribution in [2.75, 3.05) is 57.7 Å². The van der Waals surface area contributed by atoms with Crippen molar-refractivity contribution in [3.8, 4) is 5.88 Å². The summed E-state index contributed by atoms with van der Waals surface area (Å²) < 4.78 is 74.0. The summed E-state index contributed by atoms with van der Waals surface area (Å²) in [6.45, 7) is 4.81. The molecule has 2 saturated heterocycles. The number of likely N-dealkylation sites (tertiary alicyclic amines) is 1. The molecule has 2 N–H and O–H groups in total. The number of piperazine rings is 1. The second kappa shape index (κ2) is 14.4. The number of anilines is 1. The van der Waals surface area contributed by atoms with Crippen molar-refractivity contribution < 1.29 is 41.4 Å². The number of pyridine rings is 1. The van der Waals surface area contributed by atoms with Crippen LogP contribution in [-0.2, 0) is 16.6 Å². The number of urea groups is 1. The molecular formula is C32H36F5N7O4. The van der Waals surface area contributed by atoms with Crippen LogP contribution in [0.1, 0.15) is 48.5 Å². The van der Waals surface area contributed by atoms with Crippen LogP contribution in [0.3, 0.4) is 0 Å². The molecule has 1 unspecified atom stereocenters. The van der Waals surface area contributed by atoms with Gasteiger partial charge in [0.2, 0.25) is 11.8 Å². The van der Waals surface area contributed by atoms with E-state index < -0.39 is 47.4 Å². The highest BCUT2D eigenvalue weighted by Gasteiger charge is 2.40. The number of aromatic nitrogens is 3. The van der Waals surface area contributed by atoms with Gasteiger partial charge in [-0.25, -0.2) is 28.5 Å². The molecule has 0 saturated carbocycles. The zero-order valence-electron chi connectivity index (χ0n) is 26.4. The van der Waals surface area contributed by atoms with Gasteiger partial charge in [0.1, 0.15) is 41.0 Å². The Hall–Kier alpha value is -4.44. The van der Waals surface area contributed by atoms with Gasteiger partial charge in [0, 0.05) is 76.5 Å². The molecule has 2 aliphatic rings. The topological polar surface area (TPSA) is 124 Å². The first-order valence-corrected chi connectivity index (χ1v) is 15.4. The molecule has 0 bridgehead atoms. The Morgan fingerprint density at radius 1 is 0.958 bits per heavy atom. The summed E-state index contributed by atoms with van der Waals surface area (Å²) in [5, 5.41) is 14.6. The van der Waals surface area contributed by atoms with E-state index in [0.717, 1.165) is 24.3 Å². The van der Waals surface area contributed by atoms with Crippen molar-refractivity contribution in [2.45, 2.75) is 44.4 Å². The molecule has 0 spiro atoms. The zero-order chi connectivity index (χ0) is 34.6. The van der Waals surface area contributed by atoms with Gasteiger partial charge in [-0.05, 0) is 38.0 Å². The van der Waals surface area contributed by atoms with E-state index in [1.807, 2.05) is 4.90 Å². The van der Waals surface area contributed by atoms with Crippen LogP contribution in [0.4, 0.5) is 32.4 Å². The lowest BCUT2D eigenvalue weighted by Gasteiger charge is -2.40. The maximum atomic E-state index is 14.1. The molecule has 1 atom stereocenters. The lowest BCUT2D eigenvalue weighted by atomic mass is 9.84. The number of β-amino-alcohol motifs (C(OH)–C–C–N with tert-alkyl or cyclic N) is 1. The maximum absolute atomic E-state index is 14.1. The van der Waals surface area contributed by atoms with Crippen LogP contribution in [-0.4, -0.2) is 99.1 Å². The number of rotatable bonds is 8. The summed E-state index contributed by atoms with van der Waals surface area (Å²) in [5.41, 5.74) is -2.70. The number of ether oxygens (including phenoxy) is 1. The predicted molar refractivity (Wildman–Crippen MR) is 163 cm³/mol. The van der Waals surface area contributed by atoms with Gasteiger partial charge in [0.05, 0.1) is 5.69 Å². The fourth-order valence-corrected chi connectivity index (χ4v) is 5.96. The molecular weight excluding hydrogens is 641 g/mol. The zero-order valence-corrected chi connectivity index (χ0v) is 26.4. The first kappa shape index (κ1) is 34.9. The third-order valence-electron chi connectivity index (χ3n) is 8.58. The molecule has 11 nitrogen and oxygen atoms in total. The highest BCUT2D eigenvalue weighted by molar-refractivity contribution is 5.89. The summed E-state index contributed by atoms with van der Waals surface area (Å²) in [5.74, 6) is -2.06. The number of nitrogens with one attached hydrogen (secondary N) is 1.